The van der Waals surface area contributed by atoms with Crippen LogP contribution in [-0.2, 0) is 0 Å². The van der Waals surface area contributed by atoms with Crippen LogP contribution in [0.25, 0.3) is 28.1 Å². The summed E-state index contributed by atoms with van der Waals surface area (Å²) < 4.78 is 0. The molecule has 2 aromatic heterocycles. The third kappa shape index (κ3) is 3.17. The fourth-order valence-corrected chi connectivity index (χ4v) is 2.83. The van der Waals surface area contributed by atoms with Crippen LogP contribution in [0, 0.1) is 6.92 Å². The predicted octanol–water partition coefficient (Wildman–Crippen LogP) is 4.32. The van der Waals surface area contributed by atoms with Gasteiger partial charge in [-0.05, 0) is 30.5 Å². The molecule has 2 N–H and O–H groups in total. The first-order valence-corrected chi connectivity index (χ1v) is 8.35. The van der Waals surface area contributed by atoms with E-state index in [9.17, 15) is 0 Å². The van der Waals surface area contributed by atoms with Crippen molar-refractivity contribution < 1.29 is 0 Å². The minimum absolute atomic E-state index is 0.352. The molecule has 4 rings (SSSR count). The number of benzene rings is 2. The lowest BCUT2D eigenvalue weighted by Crippen LogP contribution is -1.98. The number of H-pyrrole nitrogens is 1. The zero-order valence-electron chi connectivity index (χ0n) is 14.6. The van der Waals surface area contributed by atoms with E-state index in [0.29, 0.717) is 11.6 Å². The van der Waals surface area contributed by atoms with Gasteiger partial charge in [0.2, 0.25) is 0 Å². The number of aromatic nitrogens is 4. The topological polar surface area (TPSA) is 78.8 Å². The van der Waals surface area contributed by atoms with Gasteiger partial charge in [-0.15, -0.1) is 10.2 Å². The number of nitrogens with zero attached hydrogens (tertiary/aromatic N) is 4. The van der Waals surface area contributed by atoms with E-state index in [0.717, 1.165) is 33.1 Å². The molecule has 0 bridgehead atoms. The molecular formula is C20H18N6. The van der Waals surface area contributed by atoms with Crippen molar-refractivity contribution in [3.63, 3.8) is 0 Å². The zero-order chi connectivity index (χ0) is 17.9. The van der Waals surface area contributed by atoms with Gasteiger partial charge >= 0.3 is 0 Å². The Morgan fingerprint density at radius 2 is 1.92 bits per heavy atom. The molecule has 0 aliphatic heterocycles. The first kappa shape index (κ1) is 16.0. The number of anilines is 1. The average Bonchev–Trinajstić information content (AvgIpc) is 3.02. The Hall–Kier alpha value is -3.54. The Balaban J connectivity index is 1.55. The monoisotopic (exact) mass is 342 g/mol. The number of fused-ring (bicyclic) bond motifs is 3. The average molecular weight is 342 g/mol. The van der Waals surface area contributed by atoms with Crippen molar-refractivity contribution in [2.24, 2.45) is 5.10 Å². The Kier molecular flexibility index (Phi) is 4.15. The summed E-state index contributed by atoms with van der Waals surface area (Å²) in [6.07, 6.45) is 3.78. The van der Waals surface area contributed by atoms with Crippen molar-refractivity contribution in [2.45, 2.75) is 13.8 Å². The van der Waals surface area contributed by atoms with Crippen molar-refractivity contribution in [2.75, 3.05) is 5.43 Å². The van der Waals surface area contributed by atoms with Crippen LogP contribution in [0.1, 0.15) is 18.1 Å². The summed E-state index contributed by atoms with van der Waals surface area (Å²) in [5.74, 6) is 0.352. The number of nitrogens with one attached hydrogen (secondary N) is 2. The summed E-state index contributed by atoms with van der Waals surface area (Å²) in [7, 11) is 0. The number of hydrogen-bond acceptors (Lipinski definition) is 5. The van der Waals surface area contributed by atoms with Crippen LogP contribution in [0.2, 0.25) is 0 Å². The van der Waals surface area contributed by atoms with Crippen molar-refractivity contribution in [3.8, 4) is 0 Å². The second-order valence-corrected chi connectivity index (χ2v) is 6.12. The third-order valence-corrected chi connectivity index (χ3v) is 4.08. The van der Waals surface area contributed by atoms with Crippen LogP contribution >= 0.6 is 0 Å². The molecule has 0 unspecified atom stereocenters. The number of rotatable bonds is 4. The normalized spacial score (nSPS) is 12.3. The molecular weight excluding hydrogens is 324 g/mol. The largest absolute Gasteiger partial charge is 0.337 e. The van der Waals surface area contributed by atoms with E-state index in [-0.39, 0.29) is 0 Å². The van der Waals surface area contributed by atoms with Gasteiger partial charge in [0.05, 0.1) is 11.7 Å². The number of aryl methyl sites for hydroxylation is 1. The first-order chi connectivity index (χ1) is 12.7. The zero-order valence-corrected chi connectivity index (χ0v) is 14.6. The predicted molar refractivity (Wildman–Crippen MR) is 106 cm³/mol. The number of hydrazone groups is 1. The number of allylic oxidation sites excluding steroid dienone is 1. The highest BCUT2D eigenvalue weighted by Gasteiger charge is 2.09. The van der Waals surface area contributed by atoms with E-state index in [1.807, 2.05) is 55.5 Å². The lowest BCUT2D eigenvalue weighted by molar-refractivity contribution is 1.01. The minimum Gasteiger partial charge on any atom is -0.337 e. The number of aromatic amines is 1. The molecule has 0 spiro atoms. The molecule has 0 aliphatic carbocycles. The standard InChI is InChI=1S/C20H18N6/c1-13(11-15-8-4-3-5-9-15)12-21-25-20-23-19-18(24-26-20)16-10-6-7-14(2)17(16)22-19/h3-12H,1-2H3,(H2,22,23,25,26)/b13-11+,21-12+. The van der Waals surface area contributed by atoms with Gasteiger partial charge in [-0.1, -0.05) is 54.6 Å². The molecule has 0 radical (unpaired) electrons. The quantitative estimate of drug-likeness (QED) is 0.428. The van der Waals surface area contributed by atoms with Crippen molar-refractivity contribution in [1.29, 1.82) is 0 Å². The maximum atomic E-state index is 4.46. The molecule has 0 aliphatic rings. The highest BCUT2D eigenvalue weighted by atomic mass is 15.4. The van der Waals surface area contributed by atoms with Crippen molar-refractivity contribution >= 4 is 40.3 Å². The molecule has 0 fully saturated rings. The Morgan fingerprint density at radius 1 is 1.08 bits per heavy atom. The molecule has 0 amide bonds. The summed E-state index contributed by atoms with van der Waals surface area (Å²) in [6, 6.07) is 16.2. The second-order valence-electron chi connectivity index (χ2n) is 6.12. The van der Waals surface area contributed by atoms with E-state index < -0.39 is 0 Å². The van der Waals surface area contributed by atoms with E-state index in [1.165, 1.54) is 0 Å². The molecule has 2 heterocycles. The molecule has 6 heteroatoms. The Bertz CT molecular complexity index is 1130. The van der Waals surface area contributed by atoms with Gasteiger partial charge in [-0.2, -0.15) is 10.1 Å². The first-order valence-electron chi connectivity index (χ1n) is 8.35. The lowest BCUT2D eigenvalue weighted by Gasteiger charge is -1.98. The highest BCUT2D eigenvalue weighted by molar-refractivity contribution is 6.04. The van der Waals surface area contributed by atoms with E-state index in [4.69, 9.17) is 0 Å². The van der Waals surface area contributed by atoms with Gasteiger partial charge in [0, 0.05) is 5.39 Å². The molecule has 26 heavy (non-hydrogen) atoms. The third-order valence-electron chi connectivity index (χ3n) is 4.08. The van der Waals surface area contributed by atoms with Gasteiger partial charge < -0.3 is 4.98 Å². The molecule has 0 saturated heterocycles. The van der Waals surface area contributed by atoms with Gasteiger partial charge in [0.15, 0.2) is 5.65 Å². The van der Waals surface area contributed by atoms with Gasteiger partial charge in [-0.3, -0.25) is 0 Å². The van der Waals surface area contributed by atoms with Crippen molar-refractivity contribution in [3.05, 3.63) is 65.2 Å². The molecule has 6 nitrogen and oxygen atoms in total. The fourth-order valence-electron chi connectivity index (χ4n) is 2.83. The molecule has 4 aromatic rings. The maximum absolute atomic E-state index is 4.46. The Morgan fingerprint density at radius 3 is 2.77 bits per heavy atom. The lowest BCUT2D eigenvalue weighted by atomic mass is 10.1. The second kappa shape index (κ2) is 6.76. The van der Waals surface area contributed by atoms with Crippen LogP contribution in [0.15, 0.2) is 59.2 Å². The minimum atomic E-state index is 0.352. The van der Waals surface area contributed by atoms with Crippen LogP contribution in [0.3, 0.4) is 0 Å². The molecule has 0 saturated carbocycles. The summed E-state index contributed by atoms with van der Waals surface area (Å²) >= 11 is 0. The molecule has 2 aromatic carbocycles. The van der Waals surface area contributed by atoms with Crippen molar-refractivity contribution in [1.82, 2.24) is 20.2 Å². The molecule has 0 atom stereocenters. The Labute approximate surface area is 150 Å². The maximum Gasteiger partial charge on any atom is 0.265 e. The van der Waals surface area contributed by atoms with E-state index in [1.54, 1.807) is 6.21 Å². The summed E-state index contributed by atoms with van der Waals surface area (Å²) in [5, 5.41) is 13.6. The summed E-state index contributed by atoms with van der Waals surface area (Å²) in [5.41, 5.74) is 8.62. The van der Waals surface area contributed by atoms with E-state index >= 15 is 0 Å². The van der Waals surface area contributed by atoms with Crippen LogP contribution in [0.4, 0.5) is 5.95 Å². The molecule has 128 valence electrons. The highest BCUT2D eigenvalue weighted by Crippen LogP contribution is 2.24. The fraction of sp³-hybridized carbons (Fsp3) is 0.100. The smallest absolute Gasteiger partial charge is 0.265 e. The van der Waals surface area contributed by atoms with Crippen LogP contribution in [0.5, 0.6) is 0 Å². The summed E-state index contributed by atoms with van der Waals surface area (Å²) in [6.45, 7) is 4.04. The number of hydrogen-bond donors (Lipinski definition) is 2. The van der Waals surface area contributed by atoms with Gasteiger partial charge in [-0.25, -0.2) is 5.43 Å². The van der Waals surface area contributed by atoms with Gasteiger partial charge in [0.1, 0.15) is 5.52 Å². The number of para-hydroxylation sites is 1. The van der Waals surface area contributed by atoms with Gasteiger partial charge in [0.25, 0.3) is 5.95 Å². The van der Waals surface area contributed by atoms with Crippen LogP contribution in [-0.4, -0.2) is 26.4 Å². The van der Waals surface area contributed by atoms with E-state index in [2.05, 4.69) is 43.7 Å². The summed E-state index contributed by atoms with van der Waals surface area (Å²) in [4.78, 5) is 7.76. The SMILES string of the molecule is CC(/C=N/Nc1nnc2c(n1)[nH]c1c(C)cccc12)=C\c1ccccc1. The van der Waals surface area contributed by atoms with Crippen LogP contribution < -0.4 is 5.43 Å².